The topological polar surface area (TPSA) is 169 Å². The van der Waals surface area contributed by atoms with Gasteiger partial charge in [0, 0.05) is 19.8 Å². The van der Waals surface area contributed by atoms with E-state index in [1.165, 1.54) is 25.1 Å². The van der Waals surface area contributed by atoms with E-state index in [1.807, 2.05) is 0 Å². The highest BCUT2D eigenvalue weighted by atomic mass is 16.6. The SMILES string of the molecule is CC(=O)O[C@@H]1[C@H](OC(C)=O)[C@@H](CO)O[C@H]1N1C=NC2C(=O)NC(=NC(=O)C(C)C)N=C21. The zero-order valence-corrected chi connectivity index (χ0v) is 17.3. The summed E-state index contributed by atoms with van der Waals surface area (Å²) in [7, 11) is 0. The van der Waals surface area contributed by atoms with Crippen molar-refractivity contribution in [3.63, 3.8) is 0 Å². The third-order valence-corrected chi connectivity index (χ3v) is 4.61. The molecule has 168 valence electrons. The molecule has 0 bridgehead atoms. The summed E-state index contributed by atoms with van der Waals surface area (Å²) in [5.41, 5.74) is 0. The summed E-state index contributed by atoms with van der Waals surface area (Å²) in [5, 5.41) is 12.1. The maximum absolute atomic E-state index is 12.4. The Labute approximate surface area is 177 Å². The van der Waals surface area contributed by atoms with Crippen molar-refractivity contribution in [1.29, 1.82) is 0 Å². The summed E-state index contributed by atoms with van der Waals surface area (Å²) in [6, 6.07) is -1.03. The standard InChI is InChI=1S/C18H23N5O8/c1-7(2)15(27)21-18-20-14-11(16(28)22-18)19-6-23(14)17-13(30-9(4)26)12(29-8(3)25)10(5-24)31-17/h6-7,10-13,17,24H,5H2,1-4H3,(H,21,22,27,28)/t10-,11?,12-,13-,17-/m1/s1. The van der Waals surface area contributed by atoms with Crippen LogP contribution >= 0.6 is 0 Å². The summed E-state index contributed by atoms with van der Waals surface area (Å²) < 4.78 is 16.3. The Morgan fingerprint density at radius 2 is 1.90 bits per heavy atom. The van der Waals surface area contributed by atoms with Gasteiger partial charge in [0.25, 0.3) is 11.8 Å². The highest BCUT2D eigenvalue weighted by Crippen LogP contribution is 2.31. The van der Waals surface area contributed by atoms with E-state index in [1.54, 1.807) is 13.8 Å². The van der Waals surface area contributed by atoms with Gasteiger partial charge in [-0.25, -0.2) is 0 Å². The lowest BCUT2D eigenvalue weighted by molar-refractivity contribution is -0.165. The smallest absolute Gasteiger partial charge is 0.303 e. The lowest BCUT2D eigenvalue weighted by atomic mass is 10.1. The molecule has 31 heavy (non-hydrogen) atoms. The highest BCUT2D eigenvalue weighted by Gasteiger charge is 2.54. The maximum atomic E-state index is 12.4. The summed E-state index contributed by atoms with van der Waals surface area (Å²) in [5.74, 6) is -2.89. The molecular weight excluding hydrogens is 414 g/mol. The van der Waals surface area contributed by atoms with Gasteiger partial charge in [0.15, 0.2) is 30.3 Å². The normalized spacial score (nSPS) is 30.8. The van der Waals surface area contributed by atoms with Gasteiger partial charge in [0.2, 0.25) is 5.96 Å². The first-order chi connectivity index (χ1) is 14.6. The van der Waals surface area contributed by atoms with Gasteiger partial charge < -0.3 is 19.3 Å². The van der Waals surface area contributed by atoms with Gasteiger partial charge in [0.05, 0.1) is 12.9 Å². The zero-order valence-electron chi connectivity index (χ0n) is 17.3. The number of aliphatic imine (C=N–C) groups is 3. The molecule has 1 unspecified atom stereocenters. The first-order valence-corrected chi connectivity index (χ1v) is 9.56. The van der Waals surface area contributed by atoms with Crippen LogP contribution in [0.15, 0.2) is 15.0 Å². The lowest BCUT2D eigenvalue weighted by Gasteiger charge is -2.30. The lowest BCUT2D eigenvalue weighted by Crippen LogP contribution is -2.54. The molecule has 3 heterocycles. The molecule has 0 saturated carbocycles. The van der Waals surface area contributed by atoms with Crippen LogP contribution < -0.4 is 5.32 Å². The number of fused-ring (bicyclic) bond motifs is 1. The predicted octanol–water partition coefficient (Wildman–Crippen LogP) is -1.65. The number of aliphatic hydroxyl groups is 1. The number of ether oxygens (including phenoxy) is 3. The van der Waals surface area contributed by atoms with Gasteiger partial charge in [0.1, 0.15) is 6.10 Å². The fourth-order valence-corrected chi connectivity index (χ4v) is 3.24. The van der Waals surface area contributed by atoms with Crippen molar-refractivity contribution in [3.05, 3.63) is 0 Å². The van der Waals surface area contributed by atoms with E-state index in [2.05, 4.69) is 20.3 Å². The Morgan fingerprint density at radius 3 is 2.48 bits per heavy atom. The third-order valence-electron chi connectivity index (χ3n) is 4.61. The molecule has 0 aromatic carbocycles. The third kappa shape index (κ3) is 4.61. The molecule has 0 radical (unpaired) electrons. The number of rotatable bonds is 5. The zero-order chi connectivity index (χ0) is 22.9. The number of aliphatic hydroxyl groups excluding tert-OH is 1. The molecular formula is C18H23N5O8. The molecule has 0 aromatic rings. The molecule has 13 nitrogen and oxygen atoms in total. The molecule has 1 saturated heterocycles. The average Bonchev–Trinajstić information content (AvgIpc) is 3.23. The van der Waals surface area contributed by atoms with Crippen LogP contribution in [0.2, 0.25) is 0 Å². The highest BCUT2D eigenvalue weighted by molar-refractivity contribution is 6.24. The van der Waals surface area contributed by atoms with E-state index in [-0.39, 0.29) is 11.8 Å². The summed E-state index contributed by atoms with van der Waals surface area (Å²) >= 11 is 0. The maximum Gasteiger partial charge on any atom is 0.303 e. The Kier molecular flexibility index (Phi) is 6.45. The first kappa shape index (κ1) is 22.5. The number of hydrogen-bond donors (Lipinski definition) is 2. The Bertz CT molecular complexity index is 882. The average molecular weight is 437 g/mol. The van der Waals surface area contributed by atoms with Crippen molar-refractivity contribution in [1.82, 2.24) is 10.2 Å². The van der Waals surface area contributed by atoms with Crippen molar-refractivity contribution < 1.29 is 38.5 Å². The van der Waals surface area contributed by atoms with E-state index in [0.717, 1.165) is 0 Å². The second-order valence-corrected chi connectivity index (χ2v) is 7.36. The van der Waals surface area contributed by atoms with Gasteiger partial charge >= 0.3 is 11.9 Å². The van der Waals surface area contributed by atoms with Crippen LogP contribution in [-0.2, 0) is 33.4 Å². The van der Waals surface area contributed by atoms with E-state index in [4.69, 9.17) is 14.2 Å². The molecule has 2 N–H and O–H groups in total. The number of hydrogen-bond acceptors (Lipinski definition) is 10. The molecule has 13 heteroatoms. The van der Waals surface area contributed by atoms with Gasteiger partial charge in [-0.1, -0.05) is 13.8 Å². The number of carbonyl (C=O) groups excluding carboxylic acids is 4. The van der Waals surface area contributed by atoms with Crippen LogP contribution in [0, 0.1) is 5.92 Å². The van der Waals surface area contributed by atoms with E-state index in [9.17, 15) is 24.3 Å². The Hall–Kier alpha value is -3.19. The van der Waals surface area contributed by atoms with Crippen molar-refractivity contribution in [3.8, 4) is 0 Å². The Balaban J connectivity index is 1.96. The van der Waals surface area contributed by atoms with Gasteiger partial charge in [-0.3, -0.25) is 34.4 Å². The number of amides is 2. The van der Waals surface area contributed by atoms with Crippen LogP contribution in [0.3, 0.4) is 0 Å². The summed E-state index contributed by atoms with van der Waals surface area (Å²) in [4.78, 5) is 61.0. The van der Waals surface area contributed by atoms with Crippen molar-refractivity contribution >= 4 is 41.9 Å². The minimum Gasteiger partial charge on any atom is -0.456 e. The molecule has 1 fully saturated rings. The molecule has 0 aliphatic carbocycles. The first-order valence-electron chi connectivity index (χ1n) is 9.56. The van der Waals surface area contributed by atoms with E-state index in [0.29, 0.717) is 0 Å². The monoisotopic (exact) mass is 437 g/mol. The fraction of sp³-hybridized carbons (Fsp3) is 0.611. The summed E-state index contributed by atoms with van der Waals surface area (Å²) in [6.07, 6.45) is -3.08. The van der Waals surface area contributed by atoms with Gasteiger partial charge in [-0.05, 0) is 0 Å². The number of nitrogens with one attached hydrogen (secondary N) is 1. The number of carbonyl (C=O) groups is 4. The van der Waals surface area contributed by atoms with Crippen LogP contribution in [0.1, 0.15) is 27.7 Å². The van der Waals surface area contributed by atoms with Gasteiger partial charge in [-0.2, -0.15) is 9.98 Å². The van der Waals surface area contributed by atoms with E-state index >= 15 is 0 Å². The molecule has 5 atom stereocenters. The number of esters is 2. The number of nitrogens with zero attached hydrogens (tertiary/aromatic N) is 4. The Morgan fingerprint density at radius 1 is 1.26 bits per heavy atom. The predicted molar refractivity (Wildman–Crippen MR) is 104 cm³/mol. The van der Waals surface area contributed by atoms with Crippen molar-refractivity contribution in [2.24, 2.45) is 20.9 Å². The van der Waals surface area contributed by atoms with Gasteiger partial charge in [-0.15, -0.1) is 0 Å². The fourth-order valence-electron chi connectivity index (χ4n) is 3.24. The largest absolute Gasteiger partial charge is 0.456 e. The second kappa shape index (κ2) is 8.89. The van der Waals surface area contributed by atoms with Crippen LogP contribution in [-0.4, -0.2) is 89.1 Å². The molecule has 0 spiro atoms. The molecule has 3 aliphatic heterocycles. The van der Waals surface area contributed by atoms with E-state index < -0.39 is 66.9 Å². The minimum absolute atomic E-state index is 0.0846. The van der Waals surface area contributed by atoms with Crippen LogP contribution in [0.5, 0.6) is 0 Å². The molecule has 2 amide bonds. The number of guanidine groups is 1. The second-order valence-electron chi connectivity index (χ2n) is 7.36. The van der Waals surface area contributed by atoms with Crippen molar-refractivity contribution in [2.45, 2.75) is 58.3 Å². The minimum atomic E-state index is -1.14. The van der Waals surface area contributed by atoms with Crippen LogP contribution in [0.25, 0.3) is 0 Å². The summed E-state index contributed by atoms with van der Waals surface area (Å²) in [6.45, 7) is 5.12. The molecule has 3 aliphatic rings. The molecule has 0 aromatic heterocycles. The van der Waals surface area contributed by atoms with Crippen molar-refractivity contribution in [2.75, 3.05) is 6.61 Å². The number of amidine groups is 1. The molecule has 3 rings (SSSR count). The quantitative estimate of drug-likeness (QED) is 0.478. The van der Waals surface area contributed by atoms with Crippen LogP contribution in [0.4, 0.5) is 0 Å².